The summed E-state index contributed by atoms with van der Waals surface area (Å²) >= 11 is 0. The lowest BCUT2D eigenvalue weighted by atomic mass is 9.79. The molecule has 0 atom stereocenters. The highest BCUT2D eigenvalue weighted by atomic mass is 19.2. The maximum absolute atomic E-state index is 13.4. The third kappa shape index (κ3) is 5.68. The normalized spacial score (nSPS) is 11.2. The Hall–Kier alpha value is -4.62. The minimum absolute atomic E-state index is 0.771. The predicted molar refractivity (Wildman–Crippen MR) is 140 cm³/mol. The summed E-state index contributed by atoms with van der Waals surface area (Å²) in [6.07, 6.45) is 0. The summed E-state index contributed by atoms with van der Waals surface area (Å²) in [6.45, 7) is 0. The first-order chi connectivity index (χ1) is 21.0. The SMILES string of the molecule is Fc1c(F)c(F)c(-c2c(F)c(F)c(F)c(F)c2F)c(F)c1F.O[B]OC(c1ccccc1)(c1ccccc1)c1ccccc1. The molecule has 0 fully saturated rings. The van der Waals surface area contributed by atoms with E-state index in [9.17, 15) is 48.9 Å². The second-order valence-corrected chi connectivity index (χ2v) is 8.89. The van der Waals surface area contributed by atoms with Crippen LogP contribution in [-0.2, 0) is 10.3 Å². The molecule has 0 bridgehead atoms. The van der Waals surface area contributed by atoms with Crippen LogP contribution in [0.15, 0.2) is 91.0 Å². The zero-order valence-electron chi connectivity index (χ0n) is 21.9. The van der Waals surface area contributed by atoms with Gasteiger partial charge in [-0.05, 0) is 16.7 Å². The Morgan fingerprint density at radius 1 is 0.386 bits per heavy atom. The van der Waals surface area contributed by atoms with Crippen LogP contribution >= 0.6 is 0 Å². The number of benzene rings is 5. The Labute approximate surface area is 244 Å². The highest BCUT2D eigenvalue weighted by molar-refractivity contribution is 6.16. The molecule has 44 heavy (non-hydrogen) atoms. The quantitative estimate of drug-likeness (QED) is 0.0681. The summed E-state index contributed by atoms with van der Waals surface area (Å²) in [7, 11) is 0.771. The predicted octanol–water partition coefficient (Wildman–Crippen LogP) is 8.27. The molecule has 0 heterocycles. The van der Waals surface area contributed by atoms with Crippen molar-refractivity contribution in [3.8, 4) is 11.1 Å². The number of hydrogen-bond acceptors (Lipinski definition) is 2. The summed E-state index contributed by atoms with van der Waals surface area (Å²) in [4.78, 5) is 0. The molecule has 0 amide bonds. The van der Waals surface area contributed by atoms with Crippen LogP contribution in [0.5, 0.6) is 0 Å². The molecule has 0 saturated heterocycles. The molecule has 0 aliphatic heterocycles. The third-order valence-corrected chi connectivity index (χ3v) is 6.44. The molecule has 1 N–H and O–H groups in total. The van der Waals surface area contributed by atoms with Crippen molar-refractivity contribution in [2.45, 2.75) is 5.60 Å². The Balaban J connectivity index is 0.000000201. The molecule has 0 aliphatic carbocycles. The van der Waals surface area contributed by atoms with E-state index in [2.05, 4.69) is 0 Å². The average Bonchev–Trinajstić information content (AvgIpc) is 3.06. The largest absolute Gasteiger partial charge is 0.486 e. The van der Waals surface area contributed by atoms with Crippen LogP contribution in [0.2, 0.25) is 0 Å². The first-order valence-electron chi connectivity index (χ1n) is 12.3. The van der Waals surface area contributed by atoms with E-state index in [1.165, 1.54) is 0 Å². The van der Waals surface area contributed by atoms with Gasteiger partial charge in [0.15, 0.2) is 46.5 Å². The van der Waals surface area contributed by atoms with Crippen molar-refractivity contribution >= 4 is 7.69 Å². The summed E-state index contributed by atoms with van der Waals surface area (Å²) in [5, 5.41) is 9.44. The fraction of sp³-hybridized carbons (Fsp3) is 0.0323. The van der Waals surface area contributed by atoms with Crippen LogP contribution in [-0.4, -0.2) is 12.7 Å². The maximum atomic E-state index is 13.4. The topological polar surface area (TPSA) is 29.5 Å². The smallest absolute Gasteiger partial charge is 0.429 e. The first kappa shape index (κ1) is 32.3. The van der Waals surface area contributed by atoms with Gasteiger partial charge in [0.25, 0.3) is 0 Å². The fourth-order valence-electron chi connectivity index (χ4n) is 4.45. The molecule has 5 aromatic rings. The van der Waals surface area contributed by atoms with Gasteiger partial charge in [-0.3, -0.25) is 0 Å². The molecule has 0 aromatic heterocycles. The van der Waals surface area contributed by atoms with Crippen LogP contribution in [0, 0.1) is 58.2 Å². The summed E-state index contributed by atoms with van der Waals surface area (Å²) in [6, 6.07) is 29.7. The molecule has 13 heteroatoms. The second-order valence-electron chi connectivity index (χ2n) is 8.89. The van der Waals surface area contributed by atoms with E-state index in [1.54, 1.807) is 0 Å². The lowest BCUT2D eigenvalue weighted by molar-refractivity contribution is 0.138. The molecule has 5 rings (SSSR count). The summed E-state index contributed by atoms with van der Waals surface area (Å²) < 4.78 is 137. The van der Waals surface area contributed by atoms with Crippen molar-refractivity contribution < 1.29 is 53.6 Å². The number of hydrogen-bond donors (Lipinski definition) is 1. The van der Waals surface area contributed by atoms with Crippen molar-refractivity contribution in [3.63, 3.8) is 0 Å². The molecule has 0 saturated carbocycles. The minimum atomic E-state index is -2.68. The highest BCUT2D eigenvalue weighted by Crippen LogP contribution is 2.40. The zero-order valence-corrected chi connectivity index (χ0v) is 21.9. The van der Waals surface area contributed by atoms with Crippen molar-refractivity contribution in [1.29, 1.82) is 0 Å². The first-order valence-corrected chi connectivity index (χ1v) is 12.3. The highest BCUT2D eigenvalue weighted by Gasteiger charge is 2.37. The monoisotopic (exact) mass is 621 g/mol. The van der Waals surface area contributed by atoms with Gasteiger partial charge in [-0.1, -0.05) is 91.0 Å². The Morgan fingerprint density at radius 3 is 0.841 bits per heavy atom. The standard InChI is InChI=1S/C19H16BO2.C12F10/c21-20-22-19(16-10-4-1-5-11-16,17-12-6-2-7-13-17)18-14-8-3-9-15-18;13-3-1(4(14)8(18)11(21)7(3)17)2-5(15)9(19)12(22)10(20)6(2)16/h1-15,21H;. The van der Waals surface area contributed by atoms with Gasteiger partial charge in [0, 0.05) is 0 Å². The number of rotatable bonds is 6. The number of halogens is 10. The third-order valence-electron chi connectivity index (χ3n) is 6.44. The molecule has 0 aliphatic rings. The van der Waals surface area contributed by atoms with Crippen molar-refractivity contribution in [3.05, 3.63) is 166 Å². The molecule has 225 valence electrons. The van der Waals surface area contributed by atoms with E-state index in [0.29, 0.717) is 0 Å². The van der Waals surface area contributed by atoms with Gasteiger partial charge in [-0.25, -0.2) is 43.9 Å². The average molecular weight is 621 g/mol. The van der Waals surface area contributed by atoms with Crippen LogP contribution in [0.3, 0.4) is 0 Å². The van der Waals surface area contributed by atoms with Gasteiger partial charge < -0.3 is 9.68 Å². The second kappa shape index (κ2) is 13.4. The lowest BCUT2D eigenvalue weighted by Crippen LogP contribution is -2.34. The molecule has 0 spiro atoms. The molecular weight excluding hydrogens is 605 g/mol. The zero-order chi connectivity index (χ0) is 32.2. The summed E-state index contributed by atoms with van der Waals surface area (Å²) in [5.74, 6) is -26.6. The Kier molecular flexibility index (Phi) is 9.80. The van der Waals surface area contributed by atoms with Crippen LogP contribution < -0.4 is 0 Å². The van der Waals surface area contributed by atoms with Gasteiger partial charge >= 0.3 is 7.69 Å². The van der Waals surface area contributed by atoms with Crippen LogP contribution in [0.25, 0.3) is 11.1 Å². The molecule has 0 unspecified atom stereocenters. The van der Waals surface area contributed by atoms with E-state index >= 15 is 0 Å². The summed E-state index contributed by atoms with van der Waals surface area (Å²) in [5.41, 5.74) is -2.53. The molecule has 2 nitrogen and oxygen atoms in total. The lowest BCUT2D eigenvalue weighted by Gasteiger charge is -2.35. The Bertz CT molecular complexity index is 1550. The van der Waals surface area contributed by atoms with Crippen molar-refractivity contribution in [1.82, 2.24) is 0 Å². The molecular formula is C31H16BF10O2. The van der Waals surface area contributed by atoms with Gasteiger partial charge in [0.2, 0.25) is 11.6 Å². The maximum Gasteiger partial charge on any atom is 0.486 e. The molecule has 1 radical (unpaired) electrons. The van der Waals surface area contributed by atoms with Crippen LogP contribution in [0.1, 0.15) is 16.7 Å². The van der Waals surface area contributed by atoms with Gasteiger partial charge in [0.1, 0.15) is 5.60 Å². The Morgan fingerprint density at radius 2 is 0.614 bits per heavy atom. The molecule has 5 aromatic carbocycles. The minimum Gasteiger partial charge on any atom is -0.429 e. The van der Waals surface area contributed by atoms with E-state index in [-0.39, 0.29) is 0 Å². The van der Waals surface area contributed by atoms with Crippen molar-refractivity contribution in [2.75, 3.05) is 0 Å². The van der Waals surface area contributed by atoms with E-state index in [0.717, 1.165) is 24.4 Å². The van der Waals surface area contributed by atoms with E-state index < -0.39 is 74.9 Å². The fourth-order valence-corrected chi connectivity index (χ4v) is 4.45. The van der Waals surface area contributed by atoms with E-state index in [4.69, 9.17) is 4.65 Å². The van der Waals surface area contributed by atoms with Gasteiger partial charge in [0.05, 0.1) is 11.1 Å². The van der Waals surface area contributed by atoms with E-state index in [1.807, 2.05) is 91.0 Å². The van der Waals surface area contributed by atoms with Gasteiger partial charge in [-0.15, -0.1) is 0 Å². The van der Waals surface area contributed by atoms with Crippen molar-refractivity contribution in [2.24, 2.45) is 0 Å². The van der Waals surface area contributed by atoms with Crippen LogP contribution in [0.4, 0.5) is 43.9 Å². The van der Waals surface area contributed by atoms with Gasteiger partial charge in [-0.2, -0.15) is 0 Å².